The highest BCUT2D eigenvalue weighted by Gasteiger charge is 2.52. The van der Waals surface area contributed by atoms with E-state index in [1.54, 1.807) is 7.11 Å². The lowest BCUT2D eigenvalue weighted by molar-refractivity contribution is -0.138. The molecule has 3 heterocycles. The fourth-order valence-corrected chi connectivity index (χ4v) is 7.93. The maximum absolute atomic E-state index is 14.2. The molecule has 2 unspecified atom stereocenters. The number of ether oxygens (including phenoxy) is 1. The summed E-state index contributed by atoms with van der Waals surface area (Å²) in [5, 5.41) is 7.06. The zero-order valence-electron chi connectivity index (χ0n) is 28.2. The van der Waals surface area contributed by atoms with E-state index in [-0.39, 0.29) is 35.7 Å². The van der Waals surface area contributed by atoms with E-state index in [0.29, 0.717) is 25.4 Å². The first kappa shape index (κ1) is 33.4. The minimum Gasteiger partial charge on any atom is -0.496 e. The van der Waals surface area contributed by atoms with Crippen LogP contribution in [-0.4, -0.2) is 55.0 Å². The fourth-order valence-electron chi connectivity index (χ4n) is 7.93. The van der Waals surface area contributed by atoms with Crippen molar-refractivity contribution in [1.29, 1.82) is 0 Å². The van der Waals surface area contributed by atoms with Gasteiger partial charge in [0, 0.05) is 43.1 Å². The minimum atomic E-state index is -0.776. The van der Waals surface area contributed by atoms with Crippen LogP contribution >= 0.6 is 0 Å². The van der Waals surface area contributed by atoms with Crippen LogP contribution < -0.4 is 21.1 Å². The van der Waals surface area contributed by atoms with E-state index < -0.39 is 11.9 Å². The van der Waals surface area contributed by atoms with Crippen molar-refractivity contribution in [1.82, 2.24) is 15.5 Å². The molecule has 0 saturated carbocycles. The molecule has 4 N–H and O–H groups in total. The van der Waals surface area contributed by atoms with Crippen LogP contribution in [0.2, 0.25) is 0 Å². The van der Waals surface area contributed by atoms with Crippen molar-refractivity contribution in [2.75, 3.05) is 20.2 Å². The lowest BCUT2D eigenvalue weighted by Gasteiger charge is -2.56. The second-order valence-electron chi connectivity index (χ2n) is 13.6. The van der Waals surface area contributed by atoms with Crippen molar-refractivity contribution in [2.24, 2.45) is 17.6 Å². The molecule has 3 saturated heterocycles. The summed E-state index contributed by atoms with van der Waals surface area (Å²) in [5.74, 6) is 0.475. The molecule has 4 aromatic rings. The molecule has 7 rings (SSSR count). The normalized spacial score (nSPS) is 22.4. The Bertz CT molecular complexity index is 1620. The molecular weight excluding hydrogens is 596 g/mol. The van der Waals surface area contributed by atoms with Crippen LogP contribution in [0.4, 0.5) is 0 Å². The lowest BCUT2D eigenvalue weighted by Crippen LogP contribution is -2.69. The molecule has 3 aliphatic heterocycles. The van der Waals surface area contributed by atoms with Crippen LogP contribution in [0.15, 0.2) is 109 Å². The van der Waals surface area contributed by atoms with Crippen LogP contribution in [0.25, 0.3) is 0 Å². The topological polar surface area (TPSA) is 96.7 Å². The number of carbonyl (C=O) groups is 2. The van der Waals surface area contributed by atoms with Gasteiger partial charge in [-0.15, -0.1) is 0 Å². The molecule has 7 nitrogen and oxygen atoms in total. The van der Waals surface area contributed by atoms with Gasteiger partial charge in [0.2, 0.25) is 11.8 Å². The van der Waals surface area contributed by atoms with Gasteiger partial charge in [0.1, 0.15) is 11.8 Å². The Balaban J connectivity index is 1.34. The Kier molecular flexibility index (Phi) is 10.6. The highest BCUT2D eigenvalue weighted by Crippen LogP contribution is 2.44. The van der Waals surface area contributed by atoms with Crippen LogP contribution in [0.1, 0.15) is 59.9 Å². The SMILES string of the molecule is COc1ccc(C(C)C)cc1CN[C@H]1[C@H]2CCN(C[C@@H]2C(=O)NC(Cc2ccccc2)C(N)=O)[C@H]1C(c1ccccc1)c1ccccc1. The third-order valence-corrected chi connectivity index (χ3v) is 10.4. The molecule has 4 aromatic carbocycles. The summed E-state index contributed by atoms with van der Waals surface area (Å²) in [6.07, 6.45) is 1.25. The number of hydrogen-bond donors (Lipinski definition) is 3. The average Bonchev–Trinajstić information content (AvgIpc) is 3.12. The highest BCUT2D eigenvalue weighted by molar-refractivity contribution is 5.88. The Hall–Kier alpha value is -4.46. The Morgan fingerprint density at radius 3 is 2.08 bits per heavy atom. The van der Waals surface area contributed by atoms with Crippen LogP contribution in [0.3, 0.4) is 0 Å². The van der Waals surface area contributed by atoms with E-state index in [4.69, 9.17) is 10.5 Å². The predicted octanol–water partition coefficient (Wildman–Crippen LogP) is 5.64. The van der Waals surface area contributed by atoms with Crippen molar-refractivity contribution >= 4 is 11.8 Å². The summed E-state index contributed by atoms with van der Waals surface area (Å²) in [4.78, 5) is 29.2. The van der Waals surface area contributed by atoms with E-state index in [9.17, 15) is 9.59 Å². The van der Waals surface area contributed by atoms with Gasteiger partial charge in [0.05, 0.1) is 13.0 Å². The lowest BCUT2D eigenvalue weighted by atomic mass is 9.66. The number of hydrogen-bond acceptors (Lipinski definition) is 5. The smallest absolute Gasteiger partial charge is 0.240 e. The molecule has 48 heavy (non-hydrogen) atoms. The fraction of sp³-hybridized carbons (Fsp3) is 0.366. The summed E-state index contributed by atoms with van der Waals surface area (Å²) in [6, 6.07) is 36.9. The standard InChI is InChI=1S/C41H48N4O3/c1-27(2)31-19-20-36(48-3)32(24-31)25-43-38-33-21-22-45(39(38)37(29-15-9-5-10-16-29)30-17-11-6-12-18-30)26-34(33)41(47)44-35(40(42)46)23-28-13-7-4-8-14-28/h4-20,24,27,33-35,37-39,43H,21-23,25-26H2,1-3H3,(H2,42,46)(H,44,47)/t33-,34-,35?,38-,39-/m0/s1. The molecule has 0 aliphatic carbocycles. The van der Waals surface area contributed by atoms with Gasteiger partial charge in [-0.3, -0.25) is 14.5 Å². The monoisotopic (exact) mass is 644 g/mol. The molecule has 3 fully saturated rings. The number of primary amides is 1. The predicted molar refractivity (Wildman–Crippen MR) is 191 cm³/mol. The molecular formula is C41H48N4O3. The van der Waals surface area contributed by atoms with Crippen molar-refractivity contribution < 1.29 is 14.3 Å². The van der Waals surface area contributed by atoms with Crippen molar-refractivity contribution in [3.63, 3.8) is 0 Å². The zero-order chi connectivity index (χ0) is 33.6. The number of amides is 2. The molecule has 0 aromatic heterocycles. The zero-order valence-corrected chi connectivity index (χ0v) is 28.2. The quantitative estimate of drug-likeness (QED) is 0.175. The Labute approximate surface area is 284 Å². The summed E-state index contributed by atoms with van der Waals surface area (Å²) in [6.45, 7) is 6.54. The second-order valence-corrected chi connectivity index (χ2v) is 13.6. The summed E-state index contributed by atoms with van der Waals surface area (Å²) < 4.78 is 5.81. The maximum Gasteiger partial charge on any atom is 0.240 e. The molecule has 2 bridgehead atoms. The number of rotatable bonds is 13. The maximum atomic E-state index is 14.2. The van der Waals surface area contributed by atoms with Crippen molar-refractivity contribution in [3.05, 3.63) is 137 Å². The van der Waals surface area contributed by atoms with E-state index in [0.717, 1.165) is 29.8 Å². The van der Waals surface area contributed by atoms with E-state index >= 15 is 0 Å². The number of carbonyl (C=O) groups excluding carboxylic acids is 2. The largest absolute Gasteiger partial charge is 0.496 e. The summed E-state index contributed by atoms with van der Waals surface area (Å²) in [5.41, 5.74) is 11.7. The summed E-state index contributed by atoms with van der Waals surface area (Å²) in [7, 11) is 1.72. The van der Waals surface area contributed by atoms with Gasteiger partial charge in [0.25, 0.3) is 0 Å². The van der Waals surface area contributed by atoms with Gasteiger partial charge < -0.3 is 21.1 Å². The first-order chi connectivity index (χ1) is 23.3. The van der Waals surface area contributed by atoms with Crippen molar-refractivity contribution in [3.8, 4) is 5.75 Å². The van der Waals surface area contributed by atoms with Crippen LogP contribution in [0.5, 0.6) is 5.75 Å². The minimum absolute atomic E-state index is 0.0118. The number of benzene rings is 4. The molecule has 0 radical (unpaired) electrons. The number of piperidine rings is 3. The molecule has 250 valence electrons. The van der Waals surface area contributed by atoms with Gasteiger partial charge >= 0.3 is 0 Å². The van der Waals surface area contributed by atoms with E-state index in [2.05, 4.69) is 108 Å². The molecule has 3 aliphatic rings. The van der Waals surface area contributed by atoms with Crippen LogP contribution in [-0.2, 0) is 22.6 Å². The Morgan fingerprint density at radius 2 is 1.50 bits per heavy atom. The van der Waals surface area contributed by atoms with Crippen LogP contribution in [0, 0.1) is 11.8 Å². The van der Waals surface area contributed by atoms with Crippen molar-refractivity contribution in [2.45, 2.75) is 63.2 Å². The average molecular weight is 645 g/mol. The third kappa shape index (κ3) is 7.33. The number of nitrogens with zero attached hydrogens (tertiary/aromatic N) is 1. The molecule has 7 heteroatoms. The molecule has 2 amide bonds. The first-order valence-electron chi connectivity index (χ1n) is 17.2. The third-order valence-electron chi connectivity index (χ3n) is 10.4. The van der Waals surface area contributed by atoms with Gasteiger partial charge in [-0.2, -0.15) is 0 Å². The summed E-state index contributed by atoms with van der Waals surface area (Å²) >= 11 is 0. The van der Waals surface area contributed by atoms with Gasteiger partial charge in [-0.05, 0) is 53.1 Å². The first-order valence-corrected chi connectivity index (χ1v) is 17.2. The Morgan fingerprint density at radius 1 is 0.875 bits per heavy atom. The van der Waals surface area contributed by atoms with Gasteiger partial charge in [-0.1, -0.05) is 117 Å². The number of nitrogens with one attached hydrogen (secondary N) is 2. The number of nitrogens with two attached hydrogens (primary N) is 1. The van der Waals surface area contributed by atoms with Gasteiger partial charge in [0.15, 0.2) is 0 Å². The number of fused-ring (bicyclic) bond motifs is 3. The molecule has 0 spiro atoms. The van der Waals surface area contributed by atoms with Gasteiger partial charge in [-0.25, -0.2) is 0 Å². The van der Waals surface area contributed by atoms with E-state index in [1.807, 2.05) is 30.3 Å². The number of methoxy groups -OCH3 is 1. The molecule has 6 atom stereocenters. The van der Waals surface area contributed by atoms with E-state index in [1.165, 1.54) is 16.7 Å². The highest BCUT2D eigenvalue weighted by atomic mass is 16.5. The second kappa shape index (κ2) is 15.2.